The fraction of sp³-hybridized carbons (Fsp3) is 0.435. The Hall–Kier alpha value is -2.53. The molecule has 0 saturated carbocycles. The molecule has 5 nitrogen and oxygen atoms in total. The lowest BCUT2D eigenvalue weighted by Crippen LogP contribution is -2.54. The van der Waals surface area contributed by atoms with E-state index in [0.29, 0.717) is 13.2 Å². The lowest BCUT2D eigenvalue weighted by Gasteiger charge is -2.39. The van der Waals surface area contributed by atoms with Gasteiger partial charge in [0.1, 0.15) is 5.75 Å². The molecule has 0 radical (unpaired) electrons. The zero-order valence-electron chi connectivity index (χ0n) is 17.1. The Bertz CT molecular complexity index is 785. The highest BCUT2D eigenvalue weighted by Gasteiger charge is 2.26. The van der Waals surface area contributed by atoms with Crippen molar-refractivity contribution in [1.82, 2.24) is 10.2 Å². The molecule has 2 aromatic rings. The molecule has 5 heteroatoms. The highest BCUT2D eigenvalue weighted by atomic mass is 16.5. The molecular formula is C23H31N3O2. The van der Waals surface area contributed by atoms with Gasteiger partial charge in [-0.2, -0.15) is 0 Å². The Balaban J connectivity index is 1.53. The first-order valence-corrected chi connectivity index (χ1v) is 10.1. The largest absolute Gasteiger partial charge is 0.492 e. The van der Waals surface area contributed by atoms with Gasteiger partial charge in [-0.15, -0.1) is 0 Å². The van der Waals surface area contributed by atoms with Crippen molar-refractivity contribution in [3.8, 4) is 5.75 Å². The summed E-state index contributed by atoms with van der Waals surface area (Å²) in [5, 5.41) is 3.09. The highest BCUT2D eigenvalue weighted by Crippen LogP contribution is 2.29. The summed E-state index contributed by atoms with van der Waals surface area (Å²) < 4.78 is 5.77. The smallest absolute Gasteiger partial charge is 0.237 e. The molecule has 1 atom stereocenters. The number of nitrogens with one attached hydrogen (secondary N) is 1. The summed E-state index contributed by atoms with van der Waals surface area (Å²) in [4.78, 5) is 17.2. The third-order valence-corrected chi connectivity index (χ3v) is 5.46. The molecule has 0 aliphatic carbocycles. The number of amides is 1. The minimum Gasteiger partial charge on any atom is -0.492 e. The van der Waals surface area contributed by atoms with Crippen LogP contribution in [0.15, 0.2) is 48.5 Å². The fourth-order valence-corrected chi connectivity index (χ4v) is 3.65. The number of rotatable bonds is 7. The van der Waals surface area contributed by atoms with Crippen LogP contribution >= 0.6 is 0 Å². The van der Waals surface area contributed by atoms with Crippen molar-refractivity contribution in [3.05, 3.63) is 59.7 Å². The SMILES string of the molecule is CCOc1ccccc1N1CCN([C@H](C)C(=O)NCc2ccccc2C)CC1. The average Bonchev–Trinajstić information content (AvgIpc) is 2.73. The molecule has 1 aliphatic rings. The number of benzene rings is 2. The lowest BCUT2D eigenvalue weighted by molar-refractivity contribution is -0.126. The van der Waals surface area contributed by atoms with Crippen molar-refractivity contribution in [2.45, 2.75) is 33.4 Å². The number of hydrogen-bond donors (Lipinski definition) is 1. The predicted molar refractivity (Wildman–Crippen MR) is 114 cm³/mol. The van der Waals surface area contributed by atoms with E-state index in [1.807, 2.05) is 44.2 Å². The van der Waals surface area contributed by atoms with Crippen LogP contribution in [0.2, 0.25) is 0 Å². The van der Waals surface area contributed by atoms with Gasteiger partial charge in [0.2, 0.25) is 5.91 Å². The first-order chi connectivity index (χ1) is 13.6. The molecule has 1 aliphatic heterocycles. The van der Waals surface area contributed by atoms with Crippen molar-refractivity contribution < 1.29 is 9.53 Å². The number of piperazine rings is 1. The quantitative estimate of drug-likeness (QED) is 0.800. The second-order valence-corrected chi connectivity index (χ2v) is 7.24. The van der Waals surface area contributed by atoms with Crippen molar-refractivity contribution in [2.75, 3.05) is 37.7 Å². The van der Waals surface area contributed by atoms with Gasteiger partial charge in [0.25, 0.3) is 0 Å². The van der Waals surface area contributed by atoms with Crippen LogP contribution in [-0.4, -0.2) is 49.6 Å². The van der Waals surface area contributed by atoms with E-state index in [1.54, 1.807) is 0 Å². The first kappa shape index (κ1) is 20.2. The minimum absolute atomic E-state index is 0.0893. The van der Waals surface area contributed by atoms with Gasteiger partial charge < -0.3 is 15.0 Å². The molecule has 1 saturated heterocycles. The zero-order chi connectivity index (χ0) is 19.9. The molecule has 1 amide bonds. The molecule has 0 bridgehead atoms. The molecule has 1 N–H and O–H groups in total. The molecule has 0 spiro atoms. The number of hydrogen-bond acceptors (Lipinski definition) is 4. The molecule has 28 heavy (non-hydrogen) atoms. The Morgan fingerprint density at radius 3 is 2.46 bits per heavy atom. The highest BCUT2D eigenvalue weighted by molar-refractivity contribution is 5.81. The molecule has 2 aromatic carbocycles. The third kappa shape index (κ3) is 4.84. The van der Waals surface area contributed by atoms with Crippen LogP contribution in [0.3, 0.4) is 0 Å². The normalized spacial score (nSPS) is 15.9. The summed E-state index contributed by atoms with van der Waals surface area (Å²) in [5.74, 6) is 1.02. The number of carbonyl (C=O) groups excluding carboxylic acids is 1. The van der Waals surface area contributed by atoms with Crippen LogP contribution in [0.25, 0.3) is 0 Å². The second kappa shape index (κ2) is 9.60. The summed E-state index contributed by atoms with van der Waals surface area (Å²) in [6, 6.07) is 16.2. The third-order valence-electron chi connectivity index (χ3n) is 5.46. The Labute approximate surface area is 168 Å². The van der Waals surface area contributed by atoms with Gasteiger partial charge in [0.05, 0.1) is 18.3 Å². The van der Waals surface area contributed by atoms with Gasteiger partial charge in [0.15, 0.2) is 0 Å². The van der Waals surface area contributed by atoms with E-state index in [4.69, 9.17) is 4.74 Å². The van der Waals surface area contributed by atoms with Crippen molar-refractivity contribution >= 4 is 11.6 Å². The maximum absolute atomic E-state index is 12.6. The van der Waals surface area contributed by atoms with Crippen molar-refractivity contribution in [3.63, 3.8) is 0 Å². The average molecular weight is 382 g/mol. The van der Waals surface area contributed by atoms with Crippen LogP contribution in [-0.2, 0) is 11.3 Å². The van der Waals surface area contributed by atoms with E-state index in [2.05, 4.69) is 40.2 Å². The van der Waals surface area contributed by atoms with Gasteiger partial charge in [-0.05, 0) is 44.0 Å². The van der Waals surface area contributed by atoms with Crippen molar-refractivity contribution in [1.29, 1.82) is 0 Å². The first-order valence-electron chi connectivity index (χ1n) is 10.1. The molecular weight excluding hydrogens is 350 g/mol. The van der Waals surface area contributed by atoms with Crippen molar-refractivity contribution in [2.24, 2.45) is 0 Å². The Kier molecular flexibility index (Phi) is 6.93. The zero-order valence-corrected chi connectivity index (χ0v) is 17.1. The van der Waals surface area contributed by atoms with E-state index in [-0.39, 0.29) is 11.9 Å². The maximum atomic E-state index is 12.6. The monoisotopic (exact) mass is 381 g/mol. The topological polar surface area (TPSA) is 44.8 Å². The summed E-state index contributed by atoms with van der Waals surface area (Å²) in [5.41, 5.74) is 3.51. The van der Waals surface area contributed by atoms with Gasteiger partial charge in [0, 0.05) is 32.7 Å². The van der Waals surface area contributed by atoms with Crippen LogP contribution in [0, 0.1) is 6.92 Å². The summed E-state index contributed by atoms with van der Waals surface area (Å²) in [6.45, 7) is 10.8. The Morgan fingerprint density at radius 2 is 1.75 bits per heavy atom. The van der Waals surface area contributed by atoms with E-state index in [9.17, 15) is 4.79 Å². The molecule has 3 rings (SSSR count). The molecule has 150 valence electrons. The van der Waals surface area contributed by atoms with Crippen LogP contribution in [0.1, 0.15) is 25.0 Å². The minimum atomic E-state index is -0.131. The number of ether oxygens (including phenoxy) is 1. The van der Waals surface area contributed by atoms with Gasteiger partial charge >= 0.3 is 0 Å². The van der Waals surface area contributed by atoms with E-state index in [0.717, 1.165) is 37.6 Å². The maximum Gasteiger partial charge on any atom is 0.237 e. The van der Waals surface area contributed by atoms with Crippen LogP contribution < -0.4 is 15.0 Å². The molecule has 1 heterocycles. The molecule has 0 aromatic heterocycles. The van der Waals surface area contributed by atoms with Crippen LogP contribution in [0.5, 0.6) is 5.75 Å². The van der Waals surface area contributed by atoms with Gasteiger partial charge in [-0.1, -0.05) is 36.4 Å². The molecule has 1 fully saturated rings. The van der Waals surface area contributed by atoms with E-state index in [1.165, 1.54) is 11.1 Å². The number of carbonyl (C=O) groups is 1. The number of aryl methyl sites for hydroxylation is 1. The van der Waals surface area contributed by atoms with E-state index >= 15 is 0 Å². The summed E-state index contributed by atoms with van der Waals surface area (Å²) in [6.07, 6.45) is 0. The van der Waals surface area contributed by atoms with Crippen LogP contribution in [0.4, 0.5) is 5.69 Å². The number of para-hydroxylation sites is 2. The van der Waals surface area contributed by atoms with Gasteiger partial charge in [-0.25, -0.2) is 0 Å². The Morgan fingerprint density at radius 1 is 1.07 bits per heavy atom. The summed E-state index contributed by atoms with van der Waals surface area (Å²) >= 11 is 0. The number of anilines is 1. The predicted octanol–water partition coefficient (Wildman–Crippen LogP) is 3.22. The fourth-order valence-electron chi connectivity index (χ4n) is 3.65. The van der Waals surface area contributed by atoms with Gasteiger partial charge in [-0.3, -0.25) is 9.69 Å². The second-order valence-electron chi connectivity index (χ2n) is 7.24. The standard InChI is InChI=1S/C23H31N3O2/c1-4-28-22-12-8-7-11-21(22)26-15-13-25(14-16-26)19(3)23(27)24-17-20-10-6-5-9-18(20)2/h5-12,19H,4,13-17H2,1-3H3,(H,24,27)/t19-/m1/s1. The number of nitrogens with zero attached hydrogens (tertiary/aromatic N) is 2. The summed E-state index contributed by atoms with van der Waals surface area (Å²) in [7, 11) is 0. The lowest BCUT2D eigenvalue weighted by atomic mass is 10.1. The molecule has 0 unspecified atom stereocenters. The van der Waals surface area contributed by atoms with E-state index < -0.39 is 0 Å².